The van der Waals surface area contributed by atoms with E-state index in [0.29, 0.717) is 27.2 Å². The van der Waals surface area contributed by atoms with E-state index in [4.69, 9.17) is 9.15 Å². The summed E-state index contributed by atoms with van der Waals surface area (Å²) in [6, 6.07) is 14.0. The molecule has 0 saturated heterocycles. The first kappa shape index (κ1) is 21.3. The number of nitro benzene ring substituents is 1. The second kappa shape index (κ2) is 8.91. The average molecular weight is 473 g/mol. The largest absolute Gasteiger partial charge is 0.466 e. The van der Waals surface area contributed by atoms with Crippen molar-refractivity contribution >= 4 is 39.2 Å². The maximum atomic E-state index is 13.0. The third-order valence-electron chi connectivity index (χ3n) is 4.25. The van der Waals surface area contributed by atoms with Crippen LogP contribution in [0.3, 0.4) is 0 Å². The van der Waals surface area contributed by atoms with Crippen LogP contribution in [0.1, 0.15) is 33.5 Å². The van der Waals surface area contributed by atoms with Crippen molar-refractivity contribution in [3.63, 3.8) is 0 Å². The number of nitrogens with zero attached hydrogens (tertiary/aromatic N) is 1. The summed E-state index contributed by atoms with van der Waals surface area (Å²) in [6.07, 6.45) is -1.24. The molecule has 30 heavy (non-hydrogen) atoms. The fourth-order valence-electron chi connectivity index (χ4n) is 2.82. The van der Waals surface area contributed by atoms with Crippen LogP contribution in [0.5, 0.6) is 0 Å². The summed E-state index contributed by atoms with van der Waals surface area (Å²) in [5, 5.41) is 13.5. The van der Waals surface area contributed by atoms with Crippen molar-refractivity contribution in [2.75, 3.05) is 5.32 Å². The molecule has 154 valence electrons. The van der Waals surface area contributed by atoms with Gasteiger partial charge in [0.15, 0.2) is 0 Å². The first-order chi connectivity index (χ1) is 14.3. The highest BCUT2D eigenvalue weighted by atomic mass is 79.9. The van der Waals surface area contributed by atoms with Crippen molar-refractivity contribution in [3.8, 4) is 0 Å². The zero-order valence-corrected chi connectivity index (χ0v) is 17.6. The Bertz CT molecular complexity index is 1110. The molecule has 0 bridgehead atoms. The lowest BCUT2D eigenvalue weighted by Gasteiger charge is -2.18. The monoisotopic (exact) mass is 472 g/mol. The maximum Gasteiger partial charge on any atom is 0.342 e. The van der Waals surface area contributed by atoms with E-state index in [1.807, 2.05) is 0 Å². The van der Waals surface area contributed by atoms with Crippen LogP contribution >= 0.6 is 15.9 Å². The van der Waals surface area contributed by atoms with Gasteiger partial charge in [0.2, 0.25) is 6.10 Å². The van der Waals surface area contributed by atoms with Gasteiger partial charge < -0.3 is 14.5 Å². The summed E-state index contributed by atoms with van der Waals surface area (Å²) < 4.78 is 11.2. The summed E-state index contributed by atoms with van der Waals surface area (Å²) in [6.45, 7) is 3.34. The minimum atomic E-state index is -1.24. The standard InChI is InChI=1S/C21H17BrN2O6/c1-12-10-16(13(2)29-12)21(26)30-19(14-6-4-3-5-7-14)20(25)23-18-9-8-15(24(27)28)11-17(18)22/h3-11,19H,1-2H3,(H,23,25). The number of rotatable bonds is 6. The molecule has 0 aliphatic heterocycles. The molecule has 2 aromatic carbocycles. The van der Waals surface area contributed by atoms with Gasteiger partial charge in [-0.15, -0.1) is 0 Å². The third kappa shape index (κ3) is 4.74. The van der Waals surface area contributed by atoms with E-state index < -0.39 is 22.9 Å². The lowest BCUT2D eigenvalue weighted by Crippen LogP contribution is -2.26. The number of aryl methyl sites for hydroxylation is 2. The normalized spacial score (nSPS) is 11.6. The lowest BCUT2D eigenvalue weighted by molar-refractivity contribution is -0.384. The molecule has 3 rings (SSSR count). The highest BCUT2D eigenvalue weighted by molar-refractivity contribution is 9.10. The van der Waals surface area contributed by atoms with Gasteiger partial charge in [0.25, 0.3) is 11.6 Å². The van der Waals surface area contributed by atoms with E-state index in [-0.39, 0.29) is 11.3 Å². The van der Waals surface area contributed by atoms with Crippen molar-refractivity contribution < 1.29 is 23.7 Å². The minimum Gasteiger partial charge on any atom is -0.466 e. The maximum absolute atomic E-state index is 13.0. The molecule has 1 amide bonds. The fraction of sp³-hybridized carbons (Fsp3) is 0.143. The Morgan fingerprint density at radius 2 is 1.83 bits per heavy atom. The smallest absolute Gasteiger partial charge is 0.342 e. The summed E-state index contributed by atoms with van der Waals surface area (Å²) in [5.74, 6) is -0.365. The molecule has 1 heterocycles. The van der Waals surface area contributed by atoms with Crippen LogP contribution in [0.4, 0.5) is 11.4 Å². The number of hydrogen-bond donors (Lipinski definition) is 1. The Morgan fingerprint density at radius 1 is 1.13 bits per heavy atom. The number of non-ortho nitro benzene ring substituents is 1. The lowest BCUT2D eigenvalue weighted by atomic mass is 10.1. The van der Waals surface area contributed by atoms with Crippen LogP contribution in [-0.2, 0) is 9.53 Å². The first-order valence-corrected chi connectivity index (χ1v) is 9.63. The predicted molar refractivity (Wildman–Crippen MR) is 112 cm³/mol. The van der Waals surface area contributed by atoms with Gasteiger partial charge in [-0.1, -0.05) is 30.3 Å². The van der Waals surface area contributed by atoms with Crippen LogP contribution < -0.4 is 5.32 Å². The number of furan rings is 1. The van der Waals surface area contributed by atoms with Crippen LogP contribution in [0, 0.1) is 24.0 Å². The van der Waals surface area contributed by atoms with E-state index in [2.05, 4.69) is 21.2 Å². The van der Waals surface area contributed by atoms with E-state index in [1.165, 1.54) is 18.2 Å². The fourth-order valence-corrected chi connectivity index (χ4v) is 3.29. The van der Waals surface area contributed by atoms with Gasteiger partial charge in [0.05, 0.1) is 10.6 Å². The Kier molecular flexibility index (Phi) is 6.31. The predicted octanol–water partition coefficient (Wildman–Crippen LogP) is 5.10. The molecule has 0 saturated carbocycles. The molecule has 1 aromatic heterocycles. The number of halogens is 1. The molecule has 0 aliphatic rings. The number of hydrogen-bond acceptors (Lipinski definition) is 6. The van der Waals surface area contributed by atoms with E-state index >= 15 is 0 Å². The summed E-state index contributed by atoms with van der Waals surface area (Å²) in [5.41, 5.74) is 0.881. The Labute approximate surface area is 180 Å². The van der Waals surface area contributed by atoms with Crippen LogP contribution in [-0.4, -0.2) is 16.8 Å². The van der Waals surface area contributed by atoms with Crippen LogP contribution in [0.25, 0.3) is 0 Å². The minimum absolute atomic E-state index is 0.128. The van der Waals surface area contributed by atoms with Crippen LogP contribution in [0.2, 0.25) is 0 Å². The summed E-state index contributed by atoms with van der Waals surface area (Å²) in [4.78, 5) is 36.0. The number of amides is 1. The molecule has 1 N–H and O–H groups in total. The number of ether oxygens (including phenoxy) is 1. The molecule has 0 spiro atoms. The molecule has 9 heteroatoms. The Balaban J connectivity index is 1.87. The number of carbonyl (C=O) groups is 2. The molecule has 1 unspecified atom stereocenters. The van der Waals surface area contributed by atoms with Gasteiger partial charge >= 0.3 is 5.97 Å². The number of carbonyl (C=O) groups excluding carboxylic acids is 2. The topological polar surface area (TPSA) is 112 Å². The van der Waals surface area contributed by atoms with Gasteiger partial charge in [0.1, 0.15) is 17.1 Å². The van der Waals surface area contributed by atoms with Gasteiger partial charge in [-0.3, -0.25) is 14.9 Å². The van der Waals surface area contributed by atoms with E-state index in [0.717, 1.165) is 0 Å². The molecule has 1 atom stereocenters. The summed E-state index contributed by atoms with van der Waals surface area (Å²) >= 11 is 3.21. The zero-order valence-electron chi connectivity index (χ0n) is 16.0. The second-order valence-corrected chi connectivity index (χ2v) is 7.29. The number of nitro groups is 1. The van der Waals surface area contributed by atoms with Gasteiger partial charge in [0, 0.05) is 22.2 Å². The molecule has 0 fully saturated rings. The highest BCUT2D eigenvalue weighted by Crippen LogP contribution is 2.29. The van der Waals surface area contributed by atoms with E-state index in [9.17, 15) is 19.7 Å². The first-order valence-electron chi connectivity index (χ1n) is 8.84. The molecule has 0 aliphatic carbocycles. The molecular formula is C21H17BrN2O6. The van der Waals surface area contributed by atoms with Crippen molar-refractivity contribution in [1.82, 2.24) is 0 Å². The quantitative estimate of drug-likeness (QED) is 0.303. The average Bonchev–Trinajstić information content (AvgIpc) is 3.06. The third-order valence-corrected chi connectivity index (χ3v) is 4.90. The number of anilines is 1. The Hall–Kier alpha value is -3.46. The van der Waals surface area contributed by atoms with Crippen molar-refractivity contribution in [2.45, 2.75) is 20.0 Å². The second-order valence-electron chi connectivity index (χ2n) is 6.43. The highest BCUT2D eigenvalue weighted by Gasteiger charge is 2.28. The Morgan fingerprint density at radius 3 is 2.40 bits per heavy atom. The molecule has 3 aromatic rings. The van der Waals surface area contributed by atoms with Crippen LogP contribution in [0.15, 0.2) is 63.5 Å². The van der Waals surface area contributed by atoms with Crippen molar-refractivity contribution in [3.05, 3.63) is 91.8 Å². The van der Waals surface area contributed by atoms with Gasteiger partial charge in [-0.25, -0.2) is 4.79 Å². The number of esters is 1. The molecule has 8 nitrogen and oxygen atoms in total. The SMILES string of the molecule is Cc1cc(C(=O)OC(C(=O)Nc2ccc([N+](=O)[O-])cc2Br)c2ccccc2)c(C)o1. The number of nitrogens with one attached hydrogen (secondary N) is 1. The summed E-state index contributed by atoms with van der Waals surface area (Å²) in [7, 11) is 0. The van der Waals surface area contributed by atoms with Crippen molar-refractivity contribution in [1.29, 1.82) is 0 Å². The zero-order chi connectivity index (χ0) is 21.8. The number of benzene rings is 2. The van der Waals surface area contributed by atoms with Gasteiger partial charge in [-0.05, 0) is 41.9 Å². The molecular weight excluding hydrogens is 456 g/mol. The van der Waals surface area contributed by atoms with E-state index in [1.54, 1.807) is 50.2 Å². The van der Waals surface area contributed by atoms with Gasteiger partial charge in [-0.2, -0.15) is 0 Å². The van der Waals surface area contributed by atoms with Crippen molar-refractivity contribution in [2.24, 2.45) is 0 Å². The molecule has 0 radical (unpaired) electrons.